The molecule has 1 amide bonds. The van der Waals surface area contributed by atoms with Crippen LogP contribution >= 0.6 is 15.9 Å². The van der Waals surface area contributed by atoms with Crippen LogP contribution in [0.25, 0.3) is 0 Å². The second-order valence-corrected chi connectivity index (χ2v) is 6.14. The number of ether oxygens (including phenoxy) is 1. The fraction of sp³-hybridized carbons (Fsp3) is 0.818. The Labute approximate surface area is 142 Å². The molecule has 0 aliphatic heterocycles. The molecule has 5 N–H and O–H groups in total. The minimum atomic E-state index is -4.54. The number of amides is 1. The van der Waals surface area contributed by atoms with Crippen LogP contribution < -0.4 is 11.3 Å². The highest BCUT2D eigenvalue weighted by molar-refractivity contribution is 7.70. The van der Waals surface area contributed by atoms with Crippen LogP contribution in [0.1, 0.15) is 40.5 Å². The number of unbranched alkanes of at least 4 members (excludes halogenated alkanes) is 1. The van der Waals surface area contributed by atoms with Crippen LogP contribution in [0.15, 0.2) is 0 Å². The van der Waals surface area contributed by atoms with Crippen LogP contribution in [0, 0.1) is 0 Å². The van der Waals surface area contributed by atoms with Crippen LogP contribution in [-0.2, 0) is 27.7 Å². The average molecular weight is 393 g/mol. The zero-order valence-electron chi connectivity index (χ0n) is 14.3. The summed E-state index contributed by atoms with van der Waals surface area (Å²) < 4.78 is 33.1. The van der Waals surface area contributed by atoms with E-state index in [-0.39, 0.29) is 6.61 Å². The quantitative estimate of drug-likeness (QED) is 0.156. The van der Waals surface area contributed by atoms with Crippen molar-refractivity contribution >= 4 is 27.5 Å². The van der Waals surface area contributed by atoms with Crippen LogP contribution in [-0.4, -0.2) is 41.2 Å². The number of rotatable bonds is 8. The van der Waals surface area contributed by atoms with Gasteiger partial charge in [0, 0.05) is 4.57 Å². The highest BCUT2D eigenvalue weighted by atomic mass is 31.2. The Kier molecular flexibility index (Phi) is 21.4. The second kappa shape index (κ2) is 18.4. The Balaban J connectivity index is -0.000000363. The number of hydrazine groups is 1. The van der Waals surface area contributed by atoms with Gasteiger partial charge >= 0.3 is 27.5 Å². The van der Waals surface area contributed by atoms with Gasteiger partial charge in [0.05, 0.1) is 6.61 Å². The maximum absolute atomic E-state index is 10.9. The summed E-state index contributed by atoms with van der Waals surface area (Å²) in [5.41, 5.74) is 0.0446. The lowest BCUT2D eigenvalue weighted by atomic mass is 10.4. The summed E-state index contributed by atoms with van der Waals surface area (Å²) >= 11 is 0. The van der Waals surface area contributed by atoms with Crippen molar-refractivity contribution in [1.82, 2.24) is 5.43 Å². The number of hydrogen-bond acceptors (Lipinski definition) is 8. The zero-order valence-corrected chi connectivity index (χ0v) is 16.0. The summed E-state index contributed by atoms with van der Waals surface area (Å²) in [6, 6.07) is 0. The Hall–Kier alpha value is -0.930. The molecule has 0 aromatic rings. The van der Waals surface area contributed by atoms with Gasteiger partial charge < -0.3 is 9.63 Å². The van der Waals surface area contributed by atoms with Gasteiger partial charge in [-0.15, -0.1) is 9.42 Å². The van der Waals surface area contributed by atoms with E-state index in [4.69, 9.17) is 9.79 Å². The number of carbonyl (C=O) groups is 2. The third-order valence-corrected chi connectivity index (χ3v) is 3.38. The van der Waals surface area contributed by atoms with E-state index in [9.17, 15) is 18.7 Å². The van der Waals surface area contributed by atoms with Gasteiger partial charge in [0.1, 0.15) is 6.61 Å². The van der Waals surface area contributed by atoms with Crippen LogP contribution in [0.5, 0.6) is 0 Å². The van der Waals surface area contributed by atoms with E-state index in [1.807, 2.05) is 0 Å². The smallest absolute Gasteiger partial charge is 0.464 e. The number of nitrogens with two attached hydrogens (primary N) is 1. The van der Waals surface area contributed by atoms with Crippen molar-refractivity contribution in [3.63, 3.8) is 0 Å². The van der Waals surface area contributed by atoms with Gasteiger partial charge in [0.25, 0.3) is 0 Å². The Bertz CT molecular complexity index is 405. The molecule has 0 spiro atoms. The largest absolute Gasteiger partial charge is 0.694 e. The van der Waals surface area contributed by atoms with Crippen molar-refractivity contribution in [2.45, 2.75) is 40.5 Å². The standard InChI is InChI=1S/C5H11N2O6P.C4H10.C2H5O3P/c1-2-12-4(8)3-13-14(10,11)5(9)7-6;1-3-4-2;1-2-5-6(3)4/h2-3,6H2,1H3,(H,7,9)(H,10,11);3-4H2,1-2H3;2H2,1H3/p+1. The Morgan fingerprint density at radius 3 is 1.92 bits per heavy atom. The molecule has 11 nitrogen and oxygen atoms in total. The van der Waals surface area contributed by atoms with E-state index < -0.39 is 34.1 Å². The van der Waals surface area contributed by atoms with Crippen LogP contribution in [0.4, 0.5) is 4.79 Å². The lowest BCUT2D eigenvalue weighted by Gasteiger charge is -2.08. The van der Waals surface area contributed by atoms with E-state index in [0.29, 0.717) is 6.61 Å². The van der Waals surface area contributed by atoms with Gasteiger partial charge in [-0.25, -0.2) is 15.2 Å². The molecule has 0 heterocycles. The topological polar surface area (TPSA) is 174 Å². The molecule has 0 bridgehead atoms. The molecule has 2 unspecified atom stereocenters. The van der Waals surface area contributed by atoms with Crippen molar-refractivity contribution in [1.29, 1.82) is 0 Å². The van der Waals surface area contributed by atoms with Crippen molar-refractivity contribution in [2.75, 3.05) is 19.8 Å². The SMILES string of the molecule is CCCC.CCOC(=O)COP(=O)(O)C(=O)NN.CCO[P+](=O)O. The molecular weight excluding hydrogens is 366 g/mol. The molecule has 0 saturated heterocycles. The normalized spacial score (nSPS) is 12.4. The molecule has 0 aliphatic rings. The van der Waals surface area contributed by atoms with E-state index in [0.717, 1.165) is 0 Å². The molecule has 0 rings (SSSR count). The van der Waals surface area contributed by atoms with Gasteiger partial charge in [-0.2, -0.15) is 0 Å². The van der Waals surface area contributed by atoms with Gasteiger partial charge in [-0.1, -0.05) is 26.7 Å². The van der Waals surface area contributed by atoms with Gasteiger partial charge in [0.15, 0.2) is 6.61 Å². The number of nitrogens with one attached hydrogen (secondary N) is 1. The lowest BCUT2D eigenvalue weighted by molar-refractivity contribution is -0.145. The van der Waals surface area contributed by atoms with E-state index >= 15 is 0 Å². The first-order valence-corrected chi connectivity index (χ1v) is 9.76. The van der Waals surface area contributed by atoms with Crippen molar-refractivity contribution in [3.8, 4) is 0 Å². The van der Waals surface area contributed by atoms with Crippen molar-refractivity contribution < 1.29 is 42.3 Å². The molecule has 0 saturated carbocycles. The summed E-state index contributed by atoms with van der Waals surface area (Å²) in [7, 11) is -6.89. The molecule has 0 aromatic heterocycles. The fourth-order valence-corrected chi connectivity index (χ4v) is 1.38. The van der Waals surface area contributed by atoms with Crippen molar-refractivity contribution in [3.05, 3.63) is 0 Å². The molecule has 0 radical (unpaired) electrons. The first-order chi connectivity index (χ1) is 11.1. The minimum absolute atomic E-state index is 0.112. The minimum Gasteiger partial charge on any atom is -0.464 e. The van der Waals surface area contributed by atoms with E-state index in [2.05, 4.69) is 33.5 Å². The first-order valence-electron chi connectivity index (χ1n) is 7.05. The second-order valence-electron chi connectivity index (χ2n) is 3.70. The molecule has 0 aromatic carbocycles. The Morgan fingerprint density at radius 2 is 1.67 bits per heavy atom. The molecule has 13 heteroatoms. The molecule has 0 aliphatic carbocycles. The zero-order chi connectivity index (χ0) is 19.6. The van der Waals surface area contributed by atoms with Gasteiger partial charge in [0.2, 0.25) is 0 Å². The van der Waals surface area contributed by atoms with E-state index in [1.54, 1.807) is 13.8 Å². The molecule has 2 atom stereocenters. The van der Waals surface area contributed by atoms with Gasteiger partial charge in [-0.3, -0.25) is 14.7 Å². The molecule has 0 fully saturated rings. The summed E-state index contributed by atoms with van der Waals surface area (Å²) in [6.45, 7) is 7.20. The van der Waals surface area contributed by atoms with Gasteiger partial charge in [-0.05, 0) is 13.8 Å². The first kappa shape index (κ1) is 27.9. The summed E-state index contributed by atoms with van der Waals surface area (Å²) in [5, 5.41) is 0. The molecule has 24 heavy (non-hydrogen) atoms. The number of carbonyl (C=O) groups excluding carboxylic acids is 2. The van der Waals surface area contributed by atoms with Crippen molar-refractivity contribution in [2.24, 2.45) is 5.84 Å². The van der Waals surface area contributed by atoms with Crippen LogP contribution in [0.3, 0.4) is 0 Å². The predicted octanol–water partition coefficient (Wildman–Crippen LogP) is 1.81. The third-order valence-electron chi connectivity index (χ3n) is 1.78. The number of hydrogen-bond donors (Lipinski definition) is 4. The highest BCUT2D eigenvalue weighted by Gasteiger charge is 2.31. The van der Waals surface area contributed by atoms with Crippen LogP contribution in [0.2, 0.25) is 0 Å². The highest BCUT2D eigenvalue weighted by Crippen LogP contribution is 2.41. The Morgan fingerprint density at radius 1 is 1.17 bits per heavy atom. The van der Waals surface area contributed by atoms with E-state index in [1.165, 1.54) is 18.3 Å². The summed E-state index contributed by atoms with van der Waals surface area (Å²) in [4.78, 5) is 37.9. The fourth-order valence-electron chi connectivity index (χ4n) is 0.593. The molecular formula is C11H27N2O9P2+. The maximum atomic E-state index is 10.9. The third kappa shape index (κ3) is 21.1. The number of esters is 1. The average Bonchev–Trinajstić information content (AvgIpc) is 2.53. The lowest BCUT2D eigenvalue weighted by Crippen LogP contribution is -2.29. The predicted molar refractivity (Wildman–Crippen MR) is 87.2 cm³/mol. The summed E-state index contributed by atoms with van der Waals surface area (Å²) in [6.07, 6.45) is 2.64. The summed E-state index contributed by atoms with van der Waals surface area (Å²) in [5.74, 6) is 3.75. The maximum Gasteiger partial charge on any atom is 0.694 e. The monoisotopic (exact) mass is 393 g/mol. The molecule has 144 valence electrons.